The van der Waals surface area contributed by atoms with Crippen molar-refractivity contribution in [2.75, 3.05) is 5.73 Å². The number of nitrogen functional groups attached to an aromatic ring is 1. The van der Waals surface area contributed by atoms with Gasteiger partial charge in [-0.05, 0) is 24.4 Å². The number of aromatic nitrogens is 2. The molecule has 0 radical (unpaired) electrons. The summed E-state index contributed by atoms with van der Waals surface area (Å²) in [7, 11) is 0. The van der Waals surface area contributed by atoms with Crippen LogP contribution in [0.25, 0.3) is 10.6 Å². The van der Waals surface area contributed by atoms with Gasteiger partial charge in [-0.2, -0.15) is 5.10 Å². The number of rotatable bonds is 3. The van der Waals surface area contributed by atoms with Gasteiger partial charge in [0.2, 0.25) is 5.91 Å². The molecule has 2 aromatic rings. The van der Waals surface area contributed by atoms with Gasteiger partial charge in [0.15, 0.2) is 0 Å². The minimum Gasteiger partial charge on any atom is -0.394 e. The first-order valence-corrected chi connectivity index (χ1v) is 6.11. The molecule has 0 aliphatic carbocycles. The lowest BCUT2D eigenvalue weighted by Crippen LogP contribution is -2.35. The van der Waals surface area contributed by atoms with E-state index in [1.165, 1.54) is 24.3 Å². The quantitative estimate of drug-likeness (QED) is 0.847. The van der Waals surface area contributed by atoms with Gasteiger partial charge in [-0.15, -0.1) is 11.3 Å². The van der Waals surface area contributed by atoms with Crippen molar-refractivity contribution in [2.24, 2.45) is 5.73 Å². The zero-order valence-corrected chi connectivity index (χ0v) is 10.5. The normalized spacial score (nSPS) is 12.3. The molecule has 0 aliphatic rings. The largest absolute Gasteiger partial charge is 0.394 e. The van der Waals surface area contributed by atoms with Gasteiger partial charge in [0, 0.05) is 0 Å². The molecule has 0 aliphatic heterocycles. The molecule has 18 heavy (non-hydrogen) atoms. The minimum atomic E-state index is -0.834. The molecule has 0 unspecified atom stereocenters. The first-order chi connectivity index (χ1) is 8.50. The van der Waals surface area contributed by atoms with Crippen LogP contribution >= 0.6 is 11.3 Å². The lowest BCUT2D eigenvalue weighted by Gasteiger charge is -2.12. The number of carbonyl (C=O) groups excluding carboxylic acids is 1. The minimum absolute atomic E-state index is 0.0431. The van der Waals surface area contributed by atoms with Gasteiger partial charge in [-0.1, -0.05) is 6.07 Å². The second kappa shape index (κ2) is 4.61. The van der Waals surface area contributed by atoms with E-state index < -0.39 is 17.5 Å². The van der Waals surface area contributed by atoms with Gasteiger partial charge in [-0.3, -0.25) is 9.59 Å². The molecule has 2 heterocycles. The van der Waals surface area contributed by atoms with Gasteiger partial charge in [-0.25, -0.2) is 4.68 Å². The molecule has 4 N–H and O–H groups in total. The Bertz CT molecular complexity index is 633. The summed E-state index contributed by atoms with van der Waals surface area (Å²) in [5.74, 6) is -0.632. The number of hydrogen-bond acceptors (Lipinski definition) is 5. The molecule has 0 bridgehead atoms. The summed E-state index contributed by atoms with van der Waals surface area (Å²) < 4.78 is 1.02. The number of thiophene rings is 1. The number of hydrogen-bond donors (Lipinski definition) is 2. The van der Waals surface area contributed by atoms with E-state index in [9.17, 15) is 9.59 Å². The Morgan fingerprint density at radius 2 is 2.28 bits per heavy atom. The molecular formula is C11H12N4O2S. The van der Waals surface area contributed by atoms with Crippen molar-refractivity contribution >= 4 is 22.9 Å². The van der Waals surface area contributed by atoms with Crippen LogP contribution in [0.4, 0.5) is 5.69 Å². The molecule has 0 aromatic carbocycles. The summed E-state index contributed by atoms with van der Waals surface area (Å²) in [6.45, 7) is 1.51. The Labute approximate surface area is 107 Å². The van der Waals surface area contributed by atoms with Crippen LogP contribution in [-0.4, -0.2) is 15.7 Å². The van der Waals surface area contributed by atoms with Gasteiger partial charge in [0.25, 0.3) is 5.56 Å². The lowest BCUT2D eigenvalue weighted by atomic mass is 10.3. The number of primary amides is 1. The number of anilines is 1. The van der Waals surface area contributed by atoms with Crippen molar-refractivity contribution in [2.45, 2.75) is 13.0 Å². The zero-order chi connectivity index (χ0) is 13.3. The van der Waals surface area contributed by atoms with E-state index in [2.05, 4.69) is 5.10 Å². The van der Waals surface area contributed by atoms with Crippen LogP contribution < -0.4 is 17.0 Å². The fourth-order valence-electron chi connectivity index (χ4n) is 1.46. The summed E-state index contributed by atoms with van der Waals surface area (Å²) in [6.07, 6.45) is 0. The molecule has 1 amide bonds. The van der Waals surface area contributed by atoms with Crippen molar-refractivity contribution in [3.8, 4) is 10.6 Å². The van der Waals surface area contributed by atoms with Gasteiger partial charge in [0.05, 0.1) is 4.88 Å². The maximum absolute atomic E-state index is 11.8. The predicted octanol–water partition coefficient (Wildman–Crippen LogP) is 0.600. The summed E-state index contributed by atoms with van der Waals surface area (Å²) in [5.41, 5.74) is 10.9. The monoisotopic (exact) mass is 264 g/mol. The van der Waals surface area contributed by atoms with Crippen molar-refractivity contribution < 1.29 is 4.79 Å². The fourth-order valence-corrected chi connectivity index (χ4v) is 2.14. The highest BCUT2D eigenvalue weighted by molar-refractivity contribution is 7.13. The van der Waals surface area contributed by atoms with Crippen LogP contribution in [-0.2, 0) is 4.79 Å². The number of amides is 1. The third-order valence-corrected chi connectivity index (χ3v) is 3.41. The van der Waals surface area contributed by atoms with Crippen LogP contribution in [0.15, 0.2) is 28.4 Å². The average Bonchev–Trinajstić information content (AvgIpc) is 2.85. The van der Waals surface area contributed by atoms with E-state index in [0.29, 0.717) is 5.69 Å². The van der Waals surface area contributed by atoms with Crippen molar-refractivity contribution in [1.82, 2.24) is 9.78 Å². The van der Waals surface area contributed by atoms with Crippen molar-refractivity contribution in [1.29, 1.82) is 0 Å². The Kier molecular flexibility index (Phi) is 3.15. The predicted molar refractivity (Wildman–Crippen MR) is 70.1 cm³/mol. The van der Waals surface area contributed by atoms with Crippen LogP contribution in [0.3, 0.4) is 0 Å². The Hall–Kier alpha value is -2.15. The van der Waals surface area contributed by atoms with E-state index in [0.717, 1.165) is 9.56 Å². The Morgan fingerprint density at radius 3 is 2.83 bits per heavy atom. The van der Waals surface area contributed by atoms with Crippen molar-refractivity contribution in [3.05, 3.63) is 33.9 Å². The SMILES string of the molecule is C[C@H](C(N)=O)n1nc(-c2cccs2)cc(N)c1=O. The van der Waals surface area contributed by atoms with Gasteiger partial charge in [0.1, 0.15) is 17.4 Å². The Morgan fingerprint density at radius 1 is 1.56 bits per heavy atom. The van der Waals surface area contributed by atoms with Crippen LogP contribution in [0, 0.1) is 0 Å². The van der Waals surface area contributed by atoms with Crippen LogP contribution in [0.5, 0.6) is 0 Å². The molecule has 0 saturated heterocycles. The third-order valence-electron chi connectivity index (χ3n) is 2.51. The molecule has 0 fully saturated rings. The van der Waals surface area contributed by atoms with E-state index in [4.69, 9.17) is 11.5 Å². The molecule has 1 atom stereocenters. The summed E-state index contributed by atoms with van der Waals surface area (Å²) in [4.78, 5) is 23.8. The summed E-state index contributed by atoms with van der Waals surface area (Å²) >= 11 is 1.47. The number of carbonyl (C=O) groups is 1. The molecular weight excluding hydrogens is 252 g/mol. The maximum atomic E-state index is 11.8. The third kappa shape index (κ3) is 2.12. The highest BCUT2D eigenvalue weighted by Crippen LogP contribution is 2.23. The van der Waals surface area contributed by atoms with Gasteiger partial charge < -0.3 is 11.5 Å². The average molecular weight is 264 g/mol. The highest BCUT2D eigenvalue weighted by atomic mass is 32.1. The van der Waals surface area contributed by atoms with E-state index in [1.807, 2.05) is 17.5 Å². The van der Waals surface area contributed by atoms with E-state index >= 15 is 0 Å². The van der Waals surface area contributed by atoms with E-state index in [-0.39, 0.29) is 5.69 Å². The van der Waals surface area contributed by atoms with E-state index in [1.54, 1.807) is 0 Å². The summed E-state index contributed by atoms with van der Waals surface area (Å²) in [6, 6.07) is 4.39. The Balaban J connectivity index is 2.60. The molecule has 6 nitrogen and oxygen atoms in total. The molecule has 2 aromatic heterocycles. The zero-order valence-electron chi connectivity index (χ0n) is 9.66. The number of nitrogens with two attached hydrogens (primary N) is 2. The van der Waals surface area contributed by atoms with Crippen LogP contribution in [0.2, 0.25) is 0 Å². The molecule has 0 saturated carbocycles. The smallest absolute Gasteiger partial charge is 0.290 e. The standard InChI is InChI=1S/C11H12N4O2S/c1-6(10(13)16)15-11(17)7(12)5-8(14-15)9-3-2-4-18-9/h2-6H,12H2,1H3,(H2,13,16)/t6-/m1/s1. The van der Waals surface area contributed by atoms with Crippen molar-refractivity contribution in [3.63, 3.8) is 0 Å². The highest BCUT2D eigenvalue weighted by Gasteiger charge is 2.17. The maximum Gasteiger partial charge on any atom is 0.290 e. The van der Waals surface area contributed by atoms with Gasteiger partial charge >= 0.3 is 0 Å². The summed E-state index contributed by atoms with van der Waals surface area (Å²) in [5, 5.41) is 6.02. The number of nitrogens with zero attached hydrogens (tertiary/aromatic N) is 2. The second-order valence-electron chi connectivity index (χ2n) is 3.79. The first-order valence-electron chi connectivity index (χ1n) is 5.23. The first kappa shape index (κ1) is 12.3. The molecule has 94 valence electrons. The molecule has 7 heteroatoms. The molecule has 0 spiro atoms. The fraction of sp³-hybridized carbons (Fsp3) is 0.182. The van der Waals surface area contributed by atoms with Crippen LogP contribution in [0.1, 0.15) is 13.0 Å². The molecule has 2 rings (SSSR count). The second-order valence-corrected chi connectivity index (χ2v) is 4.74. The lowest BCUT2D eigenvalue weighted by molar-refractivity contribution is -0.121. The topological polar surface area (TPSA) is 104 Å².